The second-order valence-electron chi connectivity index (χ2n) is 5.67. The van der Waals surface area contributed by atoms with Crippen molar-refractivity contribution in [2.75, 3.05) is 6.54 Å². The fourth-order valence-corrected chi connectivity index (χ4v) is 2.92. The van der Waals surface area contributed by atoms with Gasteiger partial charge < -0.3 is 5.32 Å². The van der Waals surface area contributed by atoms with Gasteiger partial charge in [0.15, 0.2) is 0 Å². The van der Waals surface area contributed by atoms with Crippen LogP contribution in [0.1, 0.15) is 44.2 Å². The average Bonchev–Trinajstić information content (AvgIpc) is 2.58. The van der Waals surface area contributed by atoms with Crippen LogP contribution in [0, 0.1) is 0 Å². The lowest BCUT2D eigenvalue weighted by Crippen LogP contribution is -2.38. The molecule has 0 bridgehead atoms. The van der Waals surface area contributed by atoms with Crippen molar-refractivity contribution in [2.45, 2.75) is 45.1 Å². The van der Waals surface area contributed by atoms with E-state index in [2.05, 4.69) is 60.2 Å². The first-order valence-corrected chi connectivity index (χ1v) is 6.79. The van der Waals surface area contributed by atoms with E-state index in [0.717, 1.165) is 6.54 Å². The first-order chi connectivity index (χ1) is 7.47. The van der Waals surface area contributed by atoms with Crippen LogP contribution in [0.4, 0.5) is 0 Å². The van der Waals surface area contributed by atoms with Gasteiger partial charge in [0, 0.05) is 16.6 Å². The minimum Gasteiger partial charge on any atom is -0.311 e. The Morgan fingerprint density at radius 2 is 2.12 bits per heavy atom. The van der Waals surface area contributed by atoms with Crippen LogP contribution >= 0.6 is 15.9 Å². The van der Waals surface area contributed by atoms with Crippen LogP contribution < -0.4 is 5.32 Å². The third kappa shape index (κ3) is 2.67. The molecule has 1 nitrogen and oxygen atoms in total. The largest absolute Gasteiger partial charge is 0.311 e. The monoisotopic (exact) mass is 281 g/mol. The summed E-state index contributed by atoms with van der Waals surface area (Å²) in [7, 11) is 0. The maximum atomic E-state index is 3.64. The van der Waals surface area contributed by atoms with Gasteiger partial charge >= 0.3 is 0 Å². The number of nitrogens with one attached hydrogen (secondary N) is 1. The van der Waals surface area contributed by atoms with Gasteiger partial charge in [-0.1, -0.05) is 28.1 Å². The lowest BCUT2D eigenvalue weighted by Gasteiger charge is -2.23. The standard InChI is InChI=1S/C14H20BrN/c1-14(2,3)16-9-10-7-8-12-11(10)5-4-6-13(12)15/h4-6,10,16H,7-9H2,1-3H3. The lowest BCUT2D eigenvalue weighted by atomic mass is 9.99. The van der Waals surface area contributed by atoms with Gasteiger partial charge in [0.25, 0.3) is 0 Å². The zero-order valence-electron chi connectivity index (χ0n) is 10.3. The van der Waals surface area contributed by atoms with Crippen molar-refractivity contribution in [1.82, 2.24) is 5.32 Å². The molecule has 1 aromatic rings. The molecule has 16 heavy (non-hydrogen) atoms. The normalized spacial score (nSPS) is 19.9. The highest BCUT2D eigenvalue weighted by Crippen LogP contribution is 2.36. The summed E-state index contributed by atoms with van der Waals surface area (Å²) in [5, 5.41) is 3.61. The molecule has 0 aromatic heterocycles. The predicted octanol–water partition coefficient (Wildman–Crippen LogP) is 3.87. The molecule has 1 atom stereocenters. The average molecular weight is 282 g/mol. The van der Waals surface area contributed by atoms with E-state index in [1.807, 2.05) is 0 Å². The highest BCUT2D eigenvalue weighted by atomic mass is 79.9. The van der Waals surface area contributed by atoms with E-state index in [1.165, 1.54) is 28.4 Å². The number of fused-ring (bicyclic) bond motifs is 1. The summed E-state index contributed by atoms with van der Waals surface area (Å²) in [6, 6.07) is 6.58. The van der Waals surface area contributed by atoms with Gasteiger partial charge in [-0.3, -0.25) is 0 Å². The maximum Gasteiger partial charge on any atom is 0.0210 e. The minimum absolute atomic E-state index is 0.217. The second-order valence-corrected chi connectivity index (χ2v) is 6.53. The van der Waals surface area contributed by atoms with Gasteiger partial charge in [-0.25, -0.2) is 0 Å². The summed E-state index contributed by atoms with van der Waals surface area (Å²) in [6.45, 7) is 7.77. The molecule has 1 N–H and O–H groups in total. The third-order valence-electron chi connectivity index (χ3n) is 3.22. The van der Waals surface area contributed by atoms with Crippen molar-refractivity contribution < 1.29 is 0 Å². The Hall–Kier alpha value is -0.340. The van der Waals surface area contributed by atoms with E-state index < -0.39 is 0 Å². The Labute approximate surface area is 107 Å². The molecule has 0 saturated heterocycles. The zero-order chi connectivity index (χ0) is 11.8. The third-order valence-corrected chi connectivity index (χ3v) is 3.96. The van der Waals surface area contributed by atoms with E-state index in [9.17, 15) is 0 Å². The number of hydrogen-bond donors (Lipinski definition) is 1. The van der Waals surface area contributed by atoms with E-state index >= 15 is 0 Å². The molecule has 0 radical (unpaired) electrons. The molecule has 88 valence electrons. The highest BCUT2D eigenvalue weighted by Gasteiger charge is 2.24. The van der Waals surface area contributed by atoms with Crippen molar-refractivity contribution >= 4 is 15.9 Å². The summed E-state index contributed by atoms with van der Waals surface area (Å²) >= 11 is 3.64. The molecule has 2 rings (SSSR count). The molecule has 1 aliphatic rings. The highest BCUT2D eigenvalue weighted by molar-refractivity contribution is 9.10. The van der Waals surface area contributed by atoms with Crippen LogP contribution in [0.2, 0.25) is 0 Å². The van der Waals surface area contributed by atoms with Crippen LogP contribution in [0.5, 0.6) is 0 Å². The molecule has 0 amide bonds. The van der Waals surface area contributed by atoms with Crippen molar-refractivity contribution in [3.63, 3.8) is 0 Å². The first-order valence-electron chi connectivity index (χ1n) is 6.00. The molecule has 0 saturated carbocycles. The molecule has 0 aliphatic heterocycles. The Morgan fingerprint density at radius 3 is 2.81 bits per heavy atom. The number of rotatable bonds is 2. The Balaban J connectivity index is 2.09. The summed E-state index contributed by atoms with van der Waals surface area (Å²) in [6.07, 6.45) is 2.49. The molecule has 0 spiro atoms. The van der Waals surface area contributed by atoms with Crippen LogP contribution in [0.15, 0.2) is 22.7 Å². The van der Waals surface area contributed by atoms with Gasteiger partial charge in [-0.05, 0) is 56.7 Å². The van der Waals surface area contributed by atoms with Crippen LogP contribution in [-0.4, -0.2) is 12.1 Å². The van der Waals surface area contributed by atoms with Gasteiger partial charge in [-0.2, -0.15) is 0 Å². The summed E-state index contributed by atoms with van der Waals surface area (Å²) in [5.74, 6) is 0.687. The molecule has 1 aliphatic carbocycles. The Morgan fingerprint density at radius 1 is 1.38 bits per heavy atom. The number of halogens is 1. The predicted molar refractivity (Wildman–Crippen MR) is 73.0 cm³/mol. The fourth-order valence-electron chi connectivity index (χ4n) is 2.34. The fraction of sp³-hybridized carbons (Fsp3) is 0.571. The molecule has 0 heterocycles. The van der Waals surface area contributed by atoms with Crippen molar-refractivity contribution in [2.24, 2.45) is 0 Å². The zero-order valence-corrected chi connectivity index (χ0v) is 11.9. The van der Waals surface area contributed by atoms with E-state index in [0.29, 0.717) is 5.92 Å². The molecular weight excluding hydrogens is 262 g/mol. The summed E-state index contributed by atoms with van der Waals surface area (Å²) < 4.78 is 1.28. The molecule has 1 unspecified atom stereocenters. The van der Waals surface area contributed by atoms with E-state index in [4.69, 9.17) is 0 Å². The van der Waals surface area contributed by atoms with Crippen molar-refractivity contribution in [3.8, 4) is 0 Å². The van der Waals surface area contributed by atoms with Crippen LogP contribution in [-0.2, 0) is 6.42 Å². The van der Waals surface area contributed by atoms with Gasteiger partial charge in [0.05, 0.1) is 0 Å². The minimum atomic E-state index is 0.217. The molecule has 1 aromatic carbocycles. The maximum absolute atomic E-state index is 3.64. The summed E-state index contributed by atoms with van der Waals surface area (Å²) in [5.41, 5.74) is 3.27. The van der Waals surface area contributed by atoms with Crippen LogP contribution in [0.25, 0.3) is 0 Å². The topological polar surface area (TPSA) is 12.0 Å². The summed E-state index contributed by atoms with van der Waals surface area (Å²) in [4.78, 5) is 0. The second kappa shape index (κ2) is 4.50. The van der Waals surface area contributed by atoms with Gasteiger partial charge in [0.1, 0.15) is 0 Å². The number of hydrogen-bond acceptors (Lipinski definition) is 1. The SMILES string of the molecule is CC(C)(C)NCC1CCc2c(Br)cccc21. The van der Waals surface area contributed by atoms with Gasteiger partial charge in [-0.15, -0.1) is 0 Å². The number of benzene rings is 1. The van der Waals surface area contributed by atoms with Crippen molar-refractivity contribution in [1.29, 1.82) is 0 Å². The van der Waals surface area contributed by atoms with E-state index in [1.54, 1.807) is 0 Å². The van der Waals surface area contributed by atoms with Gasteiger partial charge in [0.2, 0.25) is 0 Å². The van der Waals surface area contributed by atoms with E-state index in [-0.39, 0.29) is 5.54 Å². The first kappa shape index (κ1) is 12.1. The molecular formula is C14H20BrN. The lowest BCUT2D eigenvalue weighted by molar-refractivity contribution is 0.405. The Bertz CT molecular complexity index is 379. The molecule has 0 fully saturated rings. The van der Waals surface area contributed by atoms with Crippen molar-refractivity contribution in [3.05, 3.63) is 33.8 Å². The smallest absolute Gasteiger partial charge is 0.0210 e. The quantitative estimate of drug-likeness (QED) is 0.868. The Kier molecular flexibility index (Phi) is 3.41. The van der Waals surface area contributed by atoms with Crippen LogP contribution in [0.3, 0.4) is 0 Å². The molecule has 2 heteroatoms.